The number of carbonyl (C=O) groups is 1. The van der Waals surface area contributed by atoms with Crippen LogP contribution in [-0.2, 0) is 0 Å². The lowest BCUT2D eigenvalue weighted by Gasteiger charge is -2.15. The first-order chi connectivity index (χ1) is 8.54. The molecule has 0 bridgehead atoms. The van der Waals surface area contributed by atoms with Gasteiger partial charge in [0.15, 0.2) is 0 Å². The van der Waals surface area contributed by atoms with Gasteiger partial charge in [-0.25, -0.2) is 10.8 Å². The van der Waals surface area contributed by atoms with Crippen LogP contribution < -0.4 is 17.1 Å². The van der Waals surface area contributed by atoms with Gasteiger partial charge in [0.05, 0.1) is 10.9 Å². The number of aromatic amines is 1. The van der Waals surface area contributed by atoms with Gasteiger partial charge in [-0.15, -0.1) is 0 Å². The Morgan fingerprint density at radius 1 is 1.56 bits per heavy atom. The summed E-state index contributed by atoms with van der Waals surface area (Å²) in [6.07, 6.45) is 1.43. The Hall–Kier alpha value is -2.41. The van der Waals surface area contributed by atoms with Crippen molar-refractivity contribution in [3.8, 4) is 0 Å². The first kappa shape index (κ1) is 12.1. The minimum absolute atomic E-state index is 0.203. The molecule has 0 fully saturated rings. The highest BCUT2D eigenvalue weighted by Crippen LogP contribution is 2.20. The summed E-state index contributed by atoms with van der Waals surface area (Å²) in [4.78, 5) is 29.8. The average Bonchev–Trinajstić information content (AvgIpc) is 2.35. The molecule has 94 valence electrons. The van der Waals surface area contributed by atoms with Crippen LogP contribution in [0.15, 0.2) is 23.1 Å². The minimum Gasteiger partial charge on any atom is -0.398 e. The highest BCUT2D eigenvalue weighted by molar-refractivity contribution is 6.08. The molecule has 0 aromatic carbocycles. The third-order valence-electron chi connectivity index (χ3n) is 2.60. The van der Waals surface area contributed by atoms with Crippen LogP contribution in [0.1, 0.15) is 17.3 Å². The molecule has 0 aliphatic heterocycles. The SMILES string of the molecule is CCN(N)C(=O)c1ccnc2[nH]c(=O)cc(N)c12. The molecule has 7 heteroatoms. The van der Waals surface area contributed by atoms with Crippen LogP contribution in [0.2, 0.25) is 0 Å². The standard InChI is InChI=1S/C11H13N5O2/c1-2-16(13)11(18)6-3-4-14-10-9(6)7(12)5-8(17)15-10/h3-5H,2,13H2,1H3,(H3,12,14,15,17). The third kappa shape index (κ3) is 1.91. The molecule has 5 N–H and O–H groups in total. The normalized spacial score (nSPS) is 10.6. The number of amides is 1. The Labute approximate surface area is 102 Å². The molecule has 0 saturated heterocycles. The maximum absolute atomic E-state index is 12.1. The van der Waals surface area contributed by atoms with Crippen molar-refractivity contribution in [2.45, 2.75) is 6.92 Å². The molecule has 2 aromatic rings. The number of carbonyl (C=O) groups excluding carboxylic acids is 1. The fourth-order valence-corrected chi connectivity index (χ4v) is 1.69. The summed E-state index contributed by atoms with van der Waals surface area (Å²) in [7, 11) is 0. The Morgan fingerprint density at radius 2 is 2.28 bits per heavy atom. The molecule has 0 atom stereocenters. The molecule has 0 unspecified atom stereocenters. The summed E-state index contributed by atoms with van der Waals surface area (Å²) in [5.74, 6) is 5.20. The summed E-state index contributed by atoms with van der Waals surface area (Å²) in [6, 6.07) is 2.74. The van der Waals surface area contributed by atoms with Crippen LogP contribution in [0.25, 0.3) is 11.0 Å². The molecule has 18 heavy (non-hydrogen) atoms. The van der Waals surface area contributed by atoms with Crippen LogP contribution in [0.5, 0.6) is 0 Å². The minimum atomic E-state index is -0.372. The lowest BCUT2D eigenvalue weighted by molar-refractivity contribution is 0.0766. The van der Waals surface area contributed by atoms with Crippen LogP contribution in [0.3, 0.4) is 0 Å². The van der Waals surface area contributed by atoms with Gasteiger partial charge in [-0.05, 0) is 13.0 Å². The molecule has 0 spiro atoms. The molecule has 0 saturated carbocycles. The quantitative estimate of drug-likeness (QED) is 0.387. The monoisotopic (exact) mass is 247 g/mol. The maximum atomic E-state index is 12.1. The van der Waals surface area contributed by atoms with Gasteiger partial charge in [0.25, 0.3) is 11.5 Å². The summed E-state index contributed by atoms with van der Waals surface area (Å²) in [5, 5.41) is 1.48. The van der Waals surface area contributed by atoms with E-state index in [2.05, 4.69) is 9.97 Å². The largest absolute Gasteiger partial charge is 0.398 e. The highest BCUT2D eigenvalue weighted by Gasteiger charge is 2.16. The van der Waals surface area contributed by atoms with Crippen molar-refractivity contribution >= 4 is 22.6 Å². The van der Waals surface area contributed by atoms with Gasteiger partial charge in [-0.2, -0.15) is 0 Å². The van der Waals surface area contributed by atoms with Gasteiger partial charge in [-0.3, -0.25) is 14.6 Å². The van der Waals surface area contributed by atoms with Crippen molar-refractivity contribution < 1.29 is 4.79 Å². The summed E-state index contributed by atoms with van der Waals surface area (Å²) >= 11 is 0. The summed E-state index contributed by atoms with van der Waals surface area (Å²) in [5.41, 5.74) is 6.20. The lowest BCUT2D eigenvalue weighted by atomic mass is 10.1. The highest BCUT2D eigenvalue weighted by atomic mass is 16.2. The number of rotatable bonds is 2. The number of hydrazine groups is 1. The van der Waals surface area contributed by atoms with Gasteiger partial charge >= 0.3 is 0 Å². The first-order valence-electron chi connectivity index (χ1n) is 5.38. The van der Waals surface area contributed by atoms with E-state index in [0.29, 0.717) is 17.5 Å². The number of hydrogen-bond acceptors (Lipinski definition) is 5. The van der Waals surface area contributed by atoms with Crippen molar-refractivity contribution in [3.05, 3.63) is 34.2 Å². The van der Waals surface area contributed by atoms with Crippen molar-refractivity contribution in [1.82, 2.24) is 15.0 Å². The zero-order chi connectivity index (χ0) is 13.3. The Kier molecular flexibility index (Phi) is 2.99. The van der Waals surface area contributed by atoms with Gasteiger partial charge in [0.2, 0.25) is 0 Å². The van der Waals surface area contributed by atoms with E-state index in [1.807, 2.05) is 0 Å². The number of nitrogens with zero attached hydrogens (tertiary/aromatic N) is 2. The molecular weight excluding hydrogens is 234 g/mol. The average molecular weight is 247 g/mol. The van der Waals surface area contributed by atoms with Crippen molar-refractivity contribution in [3.63, 3.8) is 0 Å². The zero-order valence-corrected chi connectivity index (χ0v) is 9.80. The molecule has 1 amide bonds. The number of anilines is 1. The Bertz CT molecular complexity index is 664. The third-order valence-corrected chi connectivity index (χ3v) is 2.60. The number of hydrogen-bond donors (Lipinski definition) is 3. The number of nitrogens with one attached hydrogen (secondary N) is 1. The van der Waals surface area contributed by atoms with Crippen LogP contribution in [0.4, 0.5) is 5.69 Å². The van der Waals surface area contributed by atoms with Gasteiger partial charge < -0.3 is 10.7 Å². The van der Waals surface area contributed by atoms with Crippen LogP contribution in [-0.4, -0.2) is 27.4 Å². The van der Waals surface area contributed by atoms with E-state index >= 15 is 0 Å². The zero-order valence-electron chi connectivity index (χ0n) is 9.80. The number of nitrogen functional groups attached to an aromatic ring is 1. The second kappa shape index (κ2) is 4.46. The number of nitrogens with two attached hydrogens (primary N) is 2. The van der Waals surface area contributed by atoms with Crippen LogP contribution >= 0.6 is 0 Å². The van der Waals surface area contributed by atoms with E-state index in [0.717, 1.165) is 5.01 Å². The second-order valence-electron chi connectivity index (χ2n) is 3.76. The van der Waals surface area contributed by atoms with Crippen molar-refractivity contribution in [2.24, 2.45) is 5.84 Å². The fraction of sp³-hybridized carbons (Fsp3) is 0.182. The number of pyridine rings is 2. The van der Waals surface area contributed by atoms with Gasteiger partial charge in [0.1, 0.15) is 5.65 Å². The Morgan fingerprint density at radius 3 is 2.94 bits per heavy atom. The molecule has 0 aliphatic carbocycles. The molecule has 0 aliphatic rings. The van der Waals surface area contributed by atoms with Crippen molar-refractivity contribution in [2.75, 3.05) is 12.3 Å². The first-order valence-corrected chi connectivity index (χ1v) is 5.38. The molecular formula is C11H13N5O2. The molecule has 7 nitrogen and oxygen atoms in total. The van der Waals surface area contributed by atoms with Crippen LogP contribution in [0, 0.1) is 0 Å². The second-order valence-corrected chi connectivity index (χ2v) is 3.76. The van der Waals surface area contributed by atoms with E-state index in [1.165, 1.54) is 18.3 Å². The molecule has 2 aromatic heterocycles. The number of fused-ring (bicyclic) bond motifs is 1. The summed E-state index contributed by atoms with van der Waals surface area (Å²) < 4.78 is 0. The topological polar surface area (TPSA) is 118 Å². The van der Waals surface area contributed by atoms with E-state index in [1.54, 1.807) is 6.92 Å². The number of H-pyrrole nitrogens is 1. The van der Waals surface area contributed by atoms with E-state index in [4.69, 9.17) is 11.6 Å². The predicted octanol–water partition coefficient (Wildman–Crippen LogP) is -0.159. The smallest absolute Gasteiger partial charge is 0.268 e. The van der Waals surface area contributed by atoms with Gasteiger partial charge in [-0.1, -0.05) is 0 Å². The Balaban J connectivity index is 2.73. The van der Waals surface area contributed by atoms with E-state index in [-0.39, 0.29) is 22.8 Å². The summed E-state index contributed by atoms with van der Waals surface area (Å²) in [6.45, 7) is 2.12. The fourth-order valence-electron chi connectivity index (χ4n) is 1.69. The van der Waals surface area contributed by atoms with Gasteiger partial charge in [0, 0.05) is 24.5 Å². The van der Waals surface area contributed by atoms with E-state index in [9.17, 15) is 9.59 Å². The molecule has 2 heterocycles. The van der Waals surface area contributed by atoms with E-state index < -0.39 is 0 Å². The van der Waals surface area contributed by atoms with Crippen molar-refractivity contribution in [1.29, 1.82) is 0 Å². The maximum Gasteiger partial charge on any atom is 0.268 e. The lowest BCUT2D eigenvalue weighted by Crippen LogP contribution is -2.37. The number of aromatic nitrogens is 2. The molecule has 0 radical (unpaired) electrons. The predicted molar refractivity (Wildman–Crippen MR) is 67.7 cm³/mol. The molecule has 2 rings (SSSR count).